The van der Waals surface area contributed by atoms with Crippen molar-refractivity contribution in [3.8, 4) is 0 Å². The van der Waals surface area contributed by atoms with Gasteiger partial charge in [-0.2, -0.15) is 0 Å². The number of rotatable bonds is 4. The second kappa shape index (κ2) is 4.02. The van der Waals surface area contributed by atoms with Crippen LogP contribution in [0.5, 0.6) is 0 Å². The lowest BCUT2D eigenvalue weighted by atomic mass is 10.4. The van der Waals surface area contributed by atoms with E-state index in [0.717, 1.165) is 18.5 Å². The van der Waals surface area contributed by atoms with Crippen molar-refractivity contribution in [2.24, 2.45) is 5.73 Å². The minimum atomic E-state index is 0.0196. The van der Waals surface area contributed by atoms with Gasteiger partial charge in [-0.3, -0.25) is 4.79 Å². The van der Waals surface area contributed by atoms with Crippen molar-refractivity contribution in [1.29, 1.82) is 0 Å². The molecule has 1 amide bonds. The molecular weight excluding hydrogens is 210 g/mol. The first-order valence-corrected chi connectivity index (χ1v) is 5.32. The van der Waals surface area contributed by atoms with Crippen molar-refractivity contribution in [3.63, 3.8) is 0 Å². The fourth-order valence-electron chi connectivity index (χ4n) is 1.43. The number of nitrogens with zero attached hydrogens (tertiary/aromatic N) is 1. The number of nitrogens with one attached hydrogen (secondary N) is 1. The molecule has 0 saturated heterocycles. The Bertz CT molecular complexity index is 395. The molecule has 0 aliphatic heterocycles. The Morgan fingerprint density at radius 2 is 2.40 bits per heavy atom. The Labute approximate surface area is 93.4 Å². The van der Waals surface area contributed by atoms with E-state index in [0.29, 0.717) is 11.0 Å². The van der Waals surface area contributed by atoms with E-state index in [9.17, 15) is 4.79 Å². The van der Waals surface area contributed by atoms with Gasteiger partial charge in [0.1, 0.15) is 11.5 Å². The molecule has 5 heteroatoms. The number of aromatic nitrogens is 1. The molecular formula is C10H13N3OS. The summed E-state index contributed by atoms with van der Waals surface area (Å²) in [5, 5.41) is 2.91. The molecule has 0 aromatic carbocycles. The van der Waals surface area contributed by atoms with Crippen molar-refractivity contribution in [2.45, 2.75) is 25.4 Å². The van der Waals surface area contributed by atoms with Crippen LogP contribution in [0, 0.1) is 0 Å². The third kappa shape index (κ3) is 2.56. The molecule has 1 aliphatic rings. The average molecular weight is 223 g/mol. The normalized spacial score (nSPS) is 14.9. The lowest BCUT2D eigenvalue weighted by Gasteiger charge is -2.08. The molecule has 0 atom stereocenters. The highest BCUT2D eigenvalue weighted by Crippen LogP contribution is 2.18. The van der Waals surface area contributed by atoms with Gasteiger partial charge in [0.05, 0.1) is 5.69 Å². The molecule has 80 valence electrons. The number of carbonyl (C=O) groups is 1. The number of hydrogen-bond donors (Lipinski definition) is 2. The van der Waals surface area contributed by atoms with Crippen LogP contribution in [0.25, 0.3) is 0 Å². The van der Waals surface area contributed by atoms with E-state index >= 15 is 0 Å². The molecule has 15 heavy (non-hydrogen) atoms. The van der Waals surface area contributed by atoms with E-state index in [2.05, 4.69) is 5.32 Å². The van der Waals surface area contributed by atoms with Crippen molar-refractivity contribution >= 4 is 23.1 Å². The Hall–Kier alpha value is -1.36. The summed E-state index contributed by atoms with van der Waals surface area (Å²) < 4.78 is 1.76. The Kier molecular flexibility index (Phi) is 2.73. The first-order valence-electron chi connectivity index (χ1n) is 4.91. The lowest BCUT2D eigenvalue weighted by Crippen LogP contribution is -2.30. The monoisotopic (exact) mass is 223 g/mol. The van der Waals surface area contributed by atoms with Gasteiger partial charge in [0.2, 0.25) is 5.91 Å². The molecule has 4 nitrogen and oxygen atoms in total. The number of thiocarbonyl (C=S) groups is 1. The SMILES string of the molecule is NC(=S)c1cccn1CC(=O)NC1CC1. The smallest absolute Gasteiger partial charge is 0.240 e. The average Bonchev–Trinajstić information content (AvgIpc) is 2.82. The van der Waals surface area contributed by atoms with Crippen LogP contribution in [0.3, 0.4) is 0 Å². The van der Waals surface area contributed by atoms with Gasteiger partial charge in [-0.15, -0.1) is 0 Å². The minimum absolute atomic E-state index is 0.0196. The van der Waals surface area contributed by atoms with Gasteiger partial charge >= 0.3 is 0 Å². The zero-order valence-corrected chi connectivity index (χ0v) is 9.09. The Morgan fingerprint density at radius 1 is 1.67 bits per heavy atom. The van der Waals surface area contributed by atoms with Crippen LogP contribution in [0.2, 0.25) is 0 Å². The first-order chi connectivity index (χ1) is 7.16. The third-order valence-corrected chi connectivity index (χ3v) is 2.55. The molecule has 0 spiro atoms. The molecule has 1 aliphatic carbocycles. The standard InChI is InChI=1S/C10H13N3OS/c11-10(15)8-2-1-5-13(8)6-9(14)12-7-3-4-7/h1-2,5,7H,3-4,6H2,(H2,11,15)(H,12,14). The van der Waals surface area contributed by atoms with Gasteiger partial charge < -0.3 is 15.6 Å². The molecule has 0 radical (unpaired) electrons. The Balaban J connectivity index is 1.99. The zero-order valence-electron chi connectivity index (χ0n) is 8.27. The molecule has 3 N–H and O–H groups in total. The van der Waals surface area contributed by atoms with Gasteiger partial charge in [-0.05, 0) is 25.0 Å². The summed E-state index contributed by atoms with van der Waals surface area (Å²) in [6, 6.07) is 4.03. The molecule has 2 rings (SSSR count). The predicted molar refractivity (Wildman–Crippen MR) is 61.5 cm³/mol. The number of nitrogens with two attached hydrogens (primary N) is 1. The van der Waals surface area contributed by atoms with Gasteiger partial charge in [0.15, 0.2) is 0 Å². The van der Waals surface area contributed by atoms with Gasteiger partial charge in [-0.25, -0.2) is 0 Å². The van der Waals surface area contributed by atoms with E-state index in [1.165, 1.54) is 0 Å². The van der Waals surface area contributed by atoms with Gasteiger partial charge in [0, 0.05) is 12.2 Å². The summed E-state index contributed by atoms with van der Waals surface area (Å²) in [5.74, 6) is 0.0196. The van der Waals surface area contributed by atoms with Gasteiger partial charge in [-0.1, -0.05) is 12.2 Å². The summed E-state index contributed by atoms with van der Waals surface area (Å²) in [6.07, 6.45) is 4.00. The molecule has 0 unspecified atom stereocenters. The highest BCUT2D eigenvalue weighted by molar-refractivity contribution is 7.80. The maximum atomic E-state index is 11.5. The molecule has 1 aromatic rings. The highest BCUT2D eigenvalue weighted by Gasteiger charge is 2.23. The van der Waals surface area contributed by atoms with Crippen molar-refractivity contribution in [3.05, 3.63) is 24.0 Å². The lowest BCUT2D eigenvalue weighted by molar-refractivity contribution is -0.121. The van der Waals surface area contributed by atoms with Crippen LogP contribution in [-0.4, -0.2) is 21.5 Å². The first kappa shape index (κ1) is 10.2. The third-order valence-electron chi connectivity index (χ3n) is 2.34. The fourth-order valence-corrected chi connectivity index (χ4v) is 1.62. The van der Waals surface area contributed by atoms with Crippen LogP contribution in [-0.2, 0) is 11.3 Å². The van der Waals surface area contributed by atoms with E-state index < -0.39 is 0 Å². The highest BCUT2D eigenvalue weighted by atomic mass is 32.1. The molecule has 1 heterocycles. The number of amides is 1. The maximum Gasteiger partial charge on any atom is 0.240 e. The van der Waals surface area contributed by atoms with Crippen molar-refractivity contribution < 1.29 is 4.79 Å². The molecule has 1 fully saturated rings. The quantitative estimate of drug-likeness (QED) is 0.726. The second-order valence-corrected chi connectivity index (χ2v) is 4.17. The fraction of sp³-hybridized carbons (Fsp3) is 0.400. The van der Waals surface area contributed by atoms with E-state index in [1.807, 2.05) is 12.1 Å². The van der Waals surface area contributed by atoms with Crippen molar-refractivity contribution in [1.82, 2.24) is 9.88 Å². The number of hydrogen-bond acceptors (Lipinski definition) is 2. The van der Waals surface area contributed by atoms with E-state index in [1.54, 1.807) is 10.8 Å². The van der Waals surface area contributed by atoms with Crippen molar-refractivity contribution in [2.75, 3.05) is 0 Å². The van der Waals surface area contributed by atoms with E-state index in [4.69, 9.17) is 18.0 Å². The summed E-state index contributed by atoms with van der Waals surface area (Å²) in [7, 11) is 0. The number of carbonyl (C=O) groups excluding carboxylic acids is 1. The van der Waals surface area contributed by atoms with Crippen LogP contribution < -0.4 is 11.1 Å². The second-order valence-electron chi connectivity index (χ2n) is 3.73. The zero-order chi connectivity index (χ0) is 10.8. The molecule has 1 aromatic heterocycles. The van der Waals surface area contributed by atoms with Crippen LogP contribution in [0.1, 0.15) is 18.5 Å². The van der Waals surface area contributed by atoms with Crippen LogP contribution in [0.4, 0.5) is 0 Å². The van der Waals surface area contributed by atoms with Gasteiger partial charge in [0.25, 0.3) is 0 Å². The minimum Gasteiger partial charge on any atom is -0.388 e. The molecule has 1 saturated carbocycles. The topological polar surface area (TPSA) is 60.0 Å². The van der Waals surface area contributed by atoms with E-state index in [-0.39, 0.29) is 12.5 Å². The maximum absolute atomic E-state index is 11.5. The summed E-state index contributed by atoms with van der Waals surface area (Å²) in [6.45, 7) is 0.288. The summed E-state index contributed by atoms with van der Waals surface area (Å²) in [5.41, 5.74) is 6.26. The predicted octanol–water partition coefficient (Wildman–Crippen LogP) is 0.401. The largest absolute Gasteiger partial charge is 0.388 e. The van der Waals surface area contributed by atoms with Crippen LogP contribution in [0.15, 0.2) is 18.3 Å². The Morgan fingerprint density at radius 3 is 3.00 bits per heavy atom. The summed E-state index contributed by atoms with van der Waals surface area (Å²) in [4.78, 5) is 11.8. The van der Waals surface area contributed by atoms with Crippen LogP contribution >= 0.6 is 12.2 Å². The molecule has 0 bridgehead atoms. The summed E-state index contributed by atoms with van der Waals surface area (Å²) >= 11 is 4.88.